The van der Waals surface area contributed by atoms with Crippen LogP contribution in [0.1, 0.15) is 28.4 Å². The van der Waals surface area contributed by atoms with Crippen LogP contribution in [0, 0.1) is 0 Å². The first kappa shape index (κ1) is 12.6. The van der Waals surface area contributed by atoms with Gasteiger partial charge in [-0.2, -0.15) is 0 Å². The van der Waals surface area contributed by atoms with Gasteiger partial charge in [-0.1, -0.05) is 12.1 Å². The Labute approximate surface area is 92.6 Å². The van der Waals surface area contributed by atoms with Gasteiger partial charge < -0.3 is 20.4 Å². The molecule has 0 saturated heterocycles. The molecular weight excluding hydrogens is 212 g/mol. The van der Waals surface area contributed by atoms with Crippen LogP contribution in [-0.4, -0.2) is 39.4 Å². The van der Waals surface area contributed by atoms with E-state index in [0.29, 0.717) is 6.29 Å². The minimum atomic E-state index is -1.39. The summed E-state index contributed by atoms with van der Waals surface area (Å²) in [6.07, 6.45) is -2.16. The van der Waals surface area contributed by atoms with E-state index in [-0.39, 0.29) is 29.9 Å². The fraction of sp³-hybridized carbons (Fsp3) is 0.364. The summed E-state index contributed by atoms with van der Waals surface area (Å²) in [5.74, 6) is -0.255. The molecule has 0 aliphatic carbocycles. The third kappa shape index (κ3) is 2.57. The van der Waals surface area contributed by atoms with Gasteiger partial charge in [0.15, 0.2) is 6.29 Å². The summed E-state index contributed by atoms with van der Waals surface area (Å²) in [6.45, 7) is -0.289. The molecule has 2 unspecified atom stereocenters. The Balaban J connectivity index is 3.06. The third-order valence-electron chi connectivity index (χ3n) is 2.33. The molecule has 5 heteroatoms. The SMILES string of the molecule is O=Cc1cccc(O)c1C(O)C(O)CCO. The van der Waals surface area contributed by atoms with Crippen LogP contribution in [0.5, 0.6) is 5.75 Å². The van der Waals surface area contributed by atoms with Crippen molar-refractivity contribution >= 4 is 6.29 Å². The van der Waals surface area contributed by atoms with Crippen molar-refractivity contribution in [3.8, 4) is 5.75 Å². The molecule has 0 aliphatic rings. The van der Waals surface area contributed by atoms with Gasteiger partial charge in [0.25, 0.3) is 0 Å². The van der Waals surface area contributed by atoms with E-state index in [1.807, 2.05) is 0 Å². The first-order chi connectivity index (χ1) is 7.61. The molecule has 4 N–H and O–H groups in total. The molecule has 0 bridgehead atoms. The summed E-state index contributed by atoms with van der Waals surface area (Å²) in [5, 5.41) is 37.4. The molecule has 1 aromatic carbocycles. The van der Waals surface area contributed by atoms with Crippen molar-refractivity contribution in [2.24, 2.45) is 0 Å². The van der Waals surface area contributed by atoms with Crippen LogP contribution in [0.4, 0.5) is 0 Å². The second-order valence-electron chi connectivity index (χ2n) is 3.42. The van der Waals surface area contributed by atoms with Gasteiger partial charge in [-0.25, -0.2) is 0 Å². The van der Waals surface area contributed by atoms with Gasteiger partial charge in [0.1, 0.15) is 11.9 Å². The average molecular weight is 226 g/mol. The Morgan fingerprint density at radius 3 is 2.56 bits per heavy atom. The molecule has 0 aromatic heterocycles. The maximum atomic E-state index is 10.7. The van der Waals surface area contributed by atoms with Crippen LogP contribution in [0.3, 0.4) is 0 Å². The number of hydrogen-bond donors (Lipinski definition) is 4. The second-order valence-corrected chi connectivity index (χ2v) is 3.42. The Morgan fingerprint density at radius 1 is 1.31 bits per heavy atom. The summed E-state index contributed by atoms with van der Waals surface area (Å²) in [7, 11) is 0. The van der Waals surface area contributed by atoms with Crippen molar-refractivity contribution in [2.45, 2.75) is 18.6 Å². The highest BCUT2D eigenvalue weighted by Gasteiger charge is 2.23. The first-order valence-corrected chi connectivity index (χ1v) is 4.85. The summed E-state index contributed by atoms with van der Waals surface area (Å²) in [5.41, 5.74) is 0.0999. The van der Waals surface area contributed by atoms with Crippen molar-refractivity contribution < 1.29 is 25.2 Å². The maximum Gasteiger partial charge on any atom is 0.150 e. The number of aldehydes is 1. The lowest BCUT2D eigenvalue weighted by molar-refractivity contribution is 0.00277. The van der Waals surface area contributed by atoms with Gasteiger partial charge in [-0.15, -0.1) is 0 Å². The number of carbonyl (C=O) groups is 1. The van der Waals surface area contributed by atoms with Crippen LogP contribution >= 0.6 is 0 Å². The Bertz CT molecular complexity index is 363. The monoisotopic (exact) mass is 226 g/mol. The summed E-state index contributed by atoms with van der Waals surface area (Å²) in [6, 6.07) is 4.21. The topological polar surface area (TPSA) is 98.0 Å². The lowest BCUT2D eigenvalue weighted by Gasteiger charge is -2.19. The van der Waals surface area contributed by atoms with Crippen molar-refractivity contribution in [2.75, 3.05) is 6.61 Å². The lowest BCUT2D eigenvalue weighted by atomic mass is 9.97. The minimum Gasteiger partial charge on any atom is -0.508 e. The number of benzene rings is 1. The lowest BCUT2D eigenvalue weighted by Crippen LogP contribution is -2.20. The number of aliphatic hydroxyl groups excluding tert-OH is 3. The number of carbonyl (C=O) groups excluding carboxylic acids is 1. The minimum absolute atomic E-state index is 0.0153. The standard InChI is InChI=1S/C11H14O5/c12-5-4-9(15)11(16)10-7(6-13)2-1-3-8(10)14/h1-3,6,9,11-12,14-16H,4-5H2. The molecule has 5 nitrogen and oxygen atoms in total. The average Bonchev–Trinajstić information content (AvgIpc) is 2.28. The zero-order valence-electron chi connectivity index (χ0n) is 8.58. The third-order valence-corrected chi connectivity index (χ3v) is 2.33. The van der Waals surface area contributed by atoms with Crippen LogP contribution in [-0.2, 0) is 0 Å². The number of phenolic OH excluding ortho intramolecular Hbond substituents is 1. The van der Waals surface area contributed by atoms with Crippen LogP contribution in [0.15, 0.2) is 18.2 Å². The number of hydrogen-bond acceptors (Lipinski definition) is 5. The van der Waals surface area contributed by atoms with Gasteiger partial charge >= 0.3 is 0 Å². The quantitative estimate of drug-likeness (QED) is 0.529. The van der Waals surface area contributed by atoms with Gasteiger partial charge in [-0.3, -0.25) is 4.79 Å². The predicted octanol–water partition coefficient (Wildman–Crippen LogP) is -0.0186. The molecule has 0 spiro atoms. The largest absolute Gasteiger partial charge is 0.508 e. The molecule has 0 saturated carbocycles. The Kier molecular flexibility index (Phi) is 4.42. The Hall–Kier alpha value is -1.43. The van der Waals surface area contributed by atoms with Crippen LogP contribution < -0.4 is 0 Å². The van der Waals surface area contributed by atoms with Crippen molar-refractivity contribution in [3.05, 3.63) is 29.3 Å². The normalized spacial score (nSPS) is 14.4. The fourth-order valence-corrected chi connectivity index (χ4v) is 1.48. The number of aromatic hydroxyl groups is 1. The van der Waals surface area contributed by atoms with Crippen LogP contribution in [0.2, 0.25) is 0 Å². The molecule has 0 fully saturated rings. The van der Waals surface area contributed by atoms with E-state index >= 15 is 0 Å². The van der Waals surface area contributed by atoms with Gasteiger partial charge in [0, 0.05) is 17.7 Å². The molecule has 2 atom stereocenters. The predicted molar refractivity (Wildman–Crippen MR) is 56.2 cm³/mol. The van der Waals surface area contributed by atoms with Gasteiger partial charge in [0.2, 0.25) is 0 Å². The van der Waals surface area contributed by atoms with E-state index in [1.165, 1.54) is 18.2 Å². The second kappa shape index (κ2) is 5.60. The van der Waals surface area contributed by atoms with Gasteiger partial charge in [-0.05, 0) is 12.5 Å². The van der Waals surface area contributed by atoms with E-state index in [4.69, 9.17) is 5.11 Å². The maximum absolute atomic E-state index is 10.7. The molecule has 0 amide bonds. The van der Waals surface area contributed by atoms with Crippen LogP contribution in [0.25, 0.3) is 0 Å². The van der Waals surface area contributed by atoms with E-state index in [9.17, 15) is 20.1 Å². The highest BCUT2D eigenvalue weighted by atomic mass is 16.3. The molecule has 0 aliphatic heterocycles. The summed E-state index contributed by atoms with van der Waals surface area (Å²) in [4.78, 5) is 10.7. The summed E-state index contributed by atoms with van der Waals surface area (Å²) >= 11 is 0. The van der Waals surface area contributed by atoms with E-state index in [0.717, 1.165) is 0 Å². The number of rotatable bonds is 5. The fourth-order valence-electron chi connectivity index (χ4n) is 1.48. The zero-order chi connectivity index (χ0) is 12.1. The summed E-state index contributed by atoms with van der Waals surface area (Å²) < 4.78 is 0. The molecule has 0 heterocycles. The van der Waals surface area contributed by atoms with E-state index in [1.54, 1.807) is 0 Å². The highest BCUT2D eigenvalue weighted by Crippen LogP contribution is 2.29. The Morgan fingerprint density at radius 2 is 2.00 bits per heavy atom. The van der Waals surface area contributed by atoms with E-state index in [2.05, 4.69) is 0 Å². The number of phenols is 1. The van der Waals surface area contributed by atoms with Crippen molar-refractivity contribution in [3.63, 3.8) is 0 Å². The van der Waals surface area contributed by atoms with Crippen molar-refractivity contribution in [1.29, 1.82) is 0 Å². The smallest absolute Gasteiger partial charge is 0.150 e. The molecule has 1 rings (SSSR count). The zero-order valence-corrected chi connectivity index (χ0v) is 8.58. The highest BCUT2D eigenvalue weighted by molar-refractivity contribution is 5.79. The number of aliphatic hydroxyl groups is 3. The van der Waals surface area contributed by atoms with E-state index < -0.39 is 12.2 Å². The molecule has 0 radical (unpaired) electrons. The molecule has 1 aromatic rings. The first-order valence-electron chi connectivity index (χ1n) is 4.85. The molecular formula is C11H14O5. The molecule has 16 heavy (non-hydrogen) atoms. The van der Waals surface area contributed by atoms with Gasteiger partial charge in [0.05, 0.1) is 6.10 Å². The van der Waals surface area contributed by atoms with Crippen molar-refractivity contribution in [1.82, 2.24) is 0 Å². The molecule has 88 valence electrons.